The van der Waals surface area contributed by atoms with Crippen molar-refractivity contribution in [3.63, 3.8) is 0 Å². The van der Waals surface area contributed by atoms with E-state index in [1.807, 2.05) is 0 Å². The van der Waals surface area contributed by atoms with E-state index in [-0.39, 0.29) is 18.2 Å². The van der Waals surface area contributed by atoms with Crippen LogP contribution in [0.5, 0.6) is 0 Å². The zero-order valence-corrected chi connectivity index (χ0v) is 7.58. The van der Waals surface area contributed by atoms with Crippen LogP contribution < -0.4 is 0 Å². The summed E-state index contributed by atoms with van der Waals surface area (Å²) in [6.45, 7) is 2.10. The minimum Gasteiger partial charge on any atom is -0.466 e. The van der Waals surface area contributed by atoms with E-state index in [1.165, 1.54) is 0 Å². The molecule has 0 heterocycles. The summed E-state index contributed by atoms with van der Waals surface area (Å²) in [7, 11) is 0. The van der Waals surface area contributed by atoms with Gasteiger partial charge < -0.3 is 4.74 Å². The minimum atomic E-state index is -0.336. The fraction of sp³-hybridized carbons (Fsp3) is 0.400. The molecule has 0 atom stereocenters. The molecule has 0 unspecified atom stereocenters. The van der Waals surface area contributed by atoms with Gasteiger partial charge in [-0.25, -0.2) is 0 Å². The summed E-state index contributed by atoms with van der Waals surface area (Å²) in [6, 6.07) is 0. The van der Waals surface area contributed by atoms with E-state index >= 15 is 0 Å². The first-order chi connectivity index (χ1) is 6.24. The predicted octanol–water partition coefficient (Wildman–Crippen LogP) is 1.40. The third-order valence-corrected chi connectivity index (χ3v) is 1.74. The van der Waals surface area contributed by atoms with Gasteiger partial charge in [-0.2, -0.15) is 0 Å². The summed E-state index contributed by atoms with van der Waals surface area (Å²) >= 11 is 0. The Labute approximate surface area is 77.1 Å². The third-order valence-electron chi connectivity index (χ3n) is 1.74. The van der Waals surface area contributed by atoms with Crippen LogP contribution in [-0.4, -0.2) is 18.4 Å². The van der Waals surface area contributed by atoms with E-state index in [9.17, 15) is 9.59 Å². The van der Waals surface area contributed by atoms with E-state index in [1.54, 1.807) is 25.2 Å². The highest BCUT2D eigenvalue weighted by Gasteiger charge is 2.14. The standard InChI is InChI=1S/C10H12O3/c1-2-13-10(12)7-8-5-3-4-6-9(8)11/h3-5H,2,6-7H2,1H3. The quantitative estimate of drug-likeness (QED) is 0.616. The van der Waals surface area contributed by atoms with Crippen LogP contribution in [0.25, 0.3) is 0 Å². The molecule has 3 nitrogen and oxygen atoms in total. The Balaban J connectivity index is 2.52. The van der Waals surface area contributed by atoms with Crippen molar-refractivity contribution < 1.29 is 14.3 Å². The van der Waals surface area contributed by atoms with Gasteiger partial charge in [-0.05, 0) is 6.92 Å². The Morgan fingerprint density at radius 2 is 2.38 bits per heavy atom. The summed E-state index contributed by atoms with van der Waals surface area (Å²) < 4.78 is 4.74. The van der Waals surface area contributed by atoms with Crippen LogP contribution >= 0.6 is 0 Å². The molecule has 0 aromatic rings. The van der Waals surface area contributed by atoms with Gasteiger partial charge in [-0.1, -0.05) is 18.2 Å². The van der Waals surface area contributed by atoms with Crippen molar-refractivity contribution in [1.29, 1.82) is 0 Å². The van der Waals surface area contributed by atoms with E-state index in [0.717, 1.165) is 0 Å². The molecule has 70 valence electrons. The SMILES string of the molecule is CCOC(=O)CC1=CC=CCC1=O. The molecule has 1 rings (SSSR count). The Morgan fingerprint density at radius 1 is 1.62 bits per heavy atom. The summed E-state index contributed by atoms with van der Waals surface area (Å²) in [6.07, 6.45) is 5.72. The van der Waals surface area contributed by atoms with Gasteiger partial charge in [0.05, 0.1) is 13.0 Å². The third kappa shape index (κ3) is 2.86. The number of Topliss-reactive ketones (excluding diaryl/α,β-unsaturated/α-hetero) is 1. The molecule has 0 N–H and O–H groups in total. The van der Waals surface area contributed by atoms with Crippen molar-refractivity contribution in [2.75, 3.05) is 6.61 Å². The highest BCUT2D eigenvalue weighted by molar-refractivity contribution is 6.01. The molecule has 0 fully saturated rings. The number of esters is 1. The Hall–Kier alpha value is -1.38. The highest BCUT2D eigenvalue weighted by atomic mass is 16.5. The summed E-state index contributed by atoms with van der Waals surface area (Å²) in [4.78, 5) is 22.2. The number of carbonyl (C=O) groups excluding carboxylic acids is 2. The smallest absolute Gasteiger partial charge is 0.310 e. The fourth-order valence-corrected chi connectivity index (χ4v) is 1.11. The van der Waals surface area contributed by atoms with E-state index < -0.39 is 0 Å². The van der Waals surface area contributed by atoms with Gasteiger partial charge in [-0.3, -0.25) is 9.59 Å². The normalized spacial score (nSPS) is 15.5. The van der Waals surface area contributed by atoms with Crippen molar-refractivity contribution in [2.24, 2.45) is 0 Å². The number of ketones is 1. The number of rotatable bonds is 3. The molecule has 0 spiro atoms. The summed E-state index contributed by atoms with van der Waals surface area (Å²) in [5, 5.41) is 0. The van der Waals surface area contributed by atoms with Crippen LogP contribution in [0, 0.1) is 0 Å². The van der Waals surface area contributed by atoms with E-state index in [0.29, 0.717) is 18.6 Å². The number of carbonyl (C=O) groups is 2. The van der Waals surface area contributed by atoms with Gasteiger partial charge in [0, 0.05) is 12.0 Å². The topological polar surface area (TPSA) is 43.4 Å². The molecule has 0 bridgehead atoms. The van der Waals surface area contributed by atoms with Gasteiger partial charge in [0.25, 0.3) is 0 Å². The van der Waals surface area contributed by atoms with Gasteiger partial charge in [0.15, 0.2) is 5.78 Å². The van der Waals surface area contributed by atoms with Crippen LogP contribution in [0.15, 0.2) is 23.8 Å². The van der Waals surface area contributed by atoms with Crippen LogP contribution in [-0.2, 0) is 14.3 Å². The molecule has 13 heavy (non-hydrogen) atoms. The minimum absolute atomic E-state index is 0.00977. The molecular weight excluding hydrogens is 168 g/mol. The Bertz CT molecular complexity index is 274. The lowest BCUT2D eigenvalue weighted by Gasteiger charge is -2.06. The highest BCUT2D eigenvalue weighted by Crippen LogP contribution is 2.12. The lowest BCUT2D eigenvalue weighted by atomic mass is 10.0. The van der Waals surface area contributed by atoms with Gasteiger partial charge in [0.2, 0.25) is 0 Å². The second-order valence-electron chi connectivity index (χ2n) is 2.73. The first-order valence-corrected chi connectivity index (χ1v) is 4.28. The average Bonchev–Trinajstić information content (AvgIpc) is 2.09. The monoisotopic (exact) mass is 180 g/mol. The summed E-state index contributed by atoms with van der Waals surface area (Å²) in [5.74, 6) is -0.326. The zero-order valence-electron chi connectivity index (χ0n) is 7.58. The van der Waals surface area contributed by atoms with Crippen molar-refractivity contribution in [2.45, 2.75) is 19.8 Å². The molecule has 0 aromatic heterocycles. The second-order valence-corrected chi connectivity index (χ2v) is 2.73. The second kappa shape index (κ2) is 4.60. The molecule has 0 saturated carbocycles. The molecule has 0 radical (unpaired) electrons. The maximum atomic E-state index is 11.2. The molecule has 0 aromatic carbocycles. The average molecular weight is 180 g/mol. The molecule has 1 aliphatic carbocycles. The number of ether oxygens (including phenoxy) is 1. The summed E-state index contributed by atoms with van der Waals surface area (Å²) in [5.41, 5.74) is 0.543. The molecule has 0 amide bonds. The predicted molar refractivity (Wildman–Crippen MR) is 48.1 cm³/mol. The van der Waals surface area contributed by atoms with Crippen LogP contribution in [0.4, 0.5) is 0 Å². The van der Waals surface area contributed by atoms with Crippen LogP contribution in [0.1, 0.15) is 19.8 Å². The molecule has 1 aliphatic rings. The largest absolute Gasteiger partial charge is 0.466 e. The molecular formula is C10H12O3. The molecule has 0 saturated heterocycles. The maximum Gasteiger partial charge on any atom is 0.310 e. The number of allylic oxidation sites excluding steroid dienone is 3. The first-order valence-electron chi connectivity index (χ1n) is 4.28. The first kappa shape index (κ1) is 9.71. The van der Waals surface area contributed by atoms with Gasteiger partial charge in [-0.15, -0.1) is 0 Å². The van der Waals surface area contributed by atoms with Crippen molar-refractivity contribution in [1.82, 2.24) is 0 Å². The van der Waals surface area contributed by atoms with Gasteiger partial charge in [0.1, 0.15) is 0 Å². The van der Waals surface area contributed by atoms with Gasteiger partial charge >= 0.3 is 5.97 Å². The number of hydrogen-bond donors (Lipinski definition) is 0. The lowest BCUT2D eigenvalue weighted by molar-refractivity contribution is -0.142. The van der Waals surface area contributed by atoms with E-state index in [2.05, 4.69) is 0 Å². The zero-order chi connectivity index (χ0) is 9.68. The molecule has 3 heteroatoms. The van der Waals surface area contributed by atoms with Crippen LogP contribution in [0.2, 0.25) is 0 Å². The van der Waals surface area contributed by atoms with Crippen molar-refractivity contribution in [3.8, 4) is 0 Å². The lowest BCUT2D eigenvalue weighted by Crippen LogP contribution is -2.11. The van der Waals surface area contributed by atoms with E-state index in [4.69, 9.17) is 4.74 Å². The number of hydrogen-bond acceptors (Lipinski definition) is 3. The Morgan fingerprint density at radius 3 is 3.00 bits per heavy atom. The molecule has 0 aliphatic heterocycles. The fourth-order valence-electron chi connectivity index (χ4n) is 1.11. The Kier molecular flexibility index (Phi) is 3.43. The maximum absolute atomic E-state index is 11.2. The van der Waals surface area contributed by atoms with Crippen LogP contribution in [0.3, 0.4) is 0 Å². The van der Waals surface area contributed by atoms with Crippen molar-refractivity contribution in [3.05, 3.63) is 23.8 Å². The van der Waals surface area contributed by atoms with Crippen molar-refractivity contribution >= 4 is 11.8 Å².